The molecule has 7 heteroatoms. The molecule has 0 aliphatic carbocycles. The number of allylic oxidation sites excluding steroid dienone is 1. The van der Waals surface area contributed by atoms with Crippen LogP contribution in [0.5, 0.6) is 0 Å². The molecule has 0 saturated heterocycles. The quantitative estimate of drug-likeness (QED) is 0.339. The number of hydrogen-bond donors (Lipinski definition) is 0. The number of aryl methyl sites for hydroxylation is 1. The number of benzene rings is 1. The van der Waals surface area contributed by atoms with E-state index in [4.69, 9.17) is 11.6 Å². The maximum Gasteiger partial charge on any atom is 0.192 e. The third-order valence-electron chi connectivity index (χ3n) is 4.13. The number of fused-ring (bicyclic) bond motifs is 1. The van der Waals surface area contributed by atoms with Crippen LogP contribution in [0.2, 0.25) is 5.02 Å². The Hall–Kier alpha value is -2.57. The second kappa shape index (κ2) is 7.58. The first kappa shape index (κ1) is 17.8. The first-order valence-corrected chi connectivity index (χ1v) is 9.87. The molecule has 3 aromatic heterocycles. The molecule has 0 unspecified atom stereocenters. The number of imidazole rings is 1. The minimum atomic E-state index is 0.637. The van der Waals surface area contributed by atoms with E-state index in [0.717, 1.165) is 33.6 Å². The van der Waals surface area contributed by atoms with Crippen molar-refractivity contribution in [2.75, 3.05) is 0 Å². The maximum atomic E-state index is 5.99. The molecule has 4 aromatic rings. The van der Waals surface area contributed by atoms with Crippen molar-refractivity contribution in [3.05, 3.63) is 77.7 Å². The van der Waals surface area contributed by atoms with Crippen LogP contribution in [0.3, 0.4) is 0 Å². The van der Waals surface area contributed by atoms with E-state index in [0.29, 0.717) is 11.6 Å². The monoisotopic (exact) mass is 395 g/mol. The van der Waals surface area contributed by atoms with E-state index in [9.17, 15) is 0 Å². The summed E-state index contributed by atoms with van der Waals surface area (Å²) in [7, 11) is 0. The van der Waals surface area contributed by atoms with Crippen LogP contribution in [0.15, 0.2) is 66.6 Å². The van der Waals surface area contributed by atoms with Gasteiger partial charge in [0.15, 0.2) is 11.0 Å². The number of pyridine rings is 1. The third kappa shape index (κ3) is 3.77. The van der Waals surface area contributed by atoms with Crippen molar-refractivity contribution in [2.24, 2.45) is 0 Å². The van der Waals surface area contributed by atoms with Crippen molar-refractivity contribution in [2.45, 2.75) is 24.4 Å². The summed E-state index contributed by atoms with van der Waals surface area (Å²) in [6.45, 7) is 6.57. The van der Waals surface area contributed by atoms with Gasteiger partial charge in [-0.2, -0.15) is 0 Å². The molecular formula is C20H18ClN5S. The zero-order chi connectivity index (χ0) is 18.8. The number of aromatic nitrogens is 5. The molecule has 0 amide bonds. The maximum absolute atomic E-state index is 5.99. The van der Waals surface area contributed by atoms with E-state index in [1.54, 1.807) is 11.8 Å². The molecule has 0 atom stereocenters. The highest BCUT2D eigenvalue weighted by atomic mass is 35.5. The zero-order valence-electron chi connectivity index (χ0n) is 14.8. The van der Waals surface area contributed by atoms with Crippen LogP contribution in [0, 0.1) is 6.92 Å². The van der Waals surface area contributed by atoms with Crippen LogP contribution >= 0.6 is 23.4 Å². The van der Waals surface area contributed by atoms with Gasteiger partial charge in [-0.3, -0.25) is 4.57 Å². The summed E-state index contributed by atoms with van der Waals surface area (Å²) in [5, 5.41) is 10.3. The van der Waals surface area contributed by atoms with Crippen molar-refractivity contribution >= 4 is 29.0 Å². The lowest BCUT2D eigenvalue weighted by atomic mass is 10.2. The Balaban J connectivity index is 1.59. The van der Waals surface area contributed by atoms with Gasteiger partial charge in [0.05, 0.1) is 5.69 Å². The van der Waals surface area contributed by atoms with Crippen molar-refractivity contribution in [1.29, 1.82) is 0 Å². The Labute approximate surface area is 166 Å². The summed E-state index contributed by atoms with van der Waals surface area (Å²) in [5.74, 6) is 1.52. The van der Waals surface area contributed by atoms with Crippen molar-refractivity contribution < 1.29 is 0 Å². The van der Waals surface area contributed by atoms with E-state index >= 15 is 0 Å². The normalized spacial score (nSPS) is 11.2. The first-order valence-electron chi connectivity index (χ1n) is 8.51. The van der Waals surface area contributed by atoms with Gasteiger partial charge in [-0.25, -0.2) is 4.98 Å². The van der Waals surface area contributed by atoms with Crippen LogP contribution in [0.25, 0.3) is 17.0 Å². The van der Waals surface area contributed by atoms with Gasteiger partial charge in [0, 0.05) is 35.3 Å². The van der Waals surface area contributed by atoms with E-state index in [1.807, 2.05) is 36.4 Å². The Kier molecular flexibility index (Phi) is 5.01. The molecule has 3 heterocycles. The smallest absolute Gasteiger partial charge is 0.192 e. The van der Waals surface area contributed by atoms with Crippen LogP contribution in [0.1, 0.15) is 11.3 Å². The van der Waals surface area contributed by atoms with Crippen LogP contribution in [-0.4, -0.2) is 24.1 Å². The van der Waals surface area contributed by atoms with Crippen molar-refractivity contribution in [1.82, 2.24) is 24.1 Å². The average Bonchev–Trinajstić information content (AvgIpc) is 3.24. The fourth-order valence-corrected chi connectivity index (χ4v) is 3.82. The summed E-state index contributed by atoms with van der Waals surface area (Å²) in [5.41, 5.74) is 4.14. The molecule has 1 aromatic carbocycles. The lowest BCUT2D eigenvalue weighted by molar-refractivity contribution is 0.731. The standard InChI is InChI=1S/C20H18ClN5S/c1-3-10-26-19(15-5-7-16(21)8-6-15)23-24-20(26)27-13-17-12-25-11-14(2)4-9-18(25)22-17/h3-9,11-12H,1,10,13H2,2H3. The third-order valence-corrected chi connectivity index (χ3v) is 5.38. The Morgan fingerprint density at radius 2 is 1.93 bits per heavy atom. The highest BCUT2D eigenvalue weighted by Crippen LogP contribution is 2.27. The number of hydrogen-bond acceptors (Lipinski definition) is 4. The molecule has 0 N–H and O–H groups in total. The SMILES string of the molecule is C=CCn1c(SCc2cn3cc(C)ccc3n2)nnc1-c1ccc(Cl)cc1. The predicted octanol–water partition coefficient (Wildman–Crippen LogP) is 5.03. The fourth-order valence-electron chi connectivity index (χ4n) is 2.87. The molecule has 0 spiro atoms. The number of halogens is 1. The second-order valence-corrected chi connectivity index (χ2v) is 7.58. The summed E-state index contributed by atoms with van der Waals surface area (Å²) < 4.78 is 4.11. The topological polar surface area (TPSA) is 48.0 Å². The van der Waals surface area contributed by atoms with Crippen molar-refractivity contribution in [3.63, 3.8) is 0 Å². The van der Waals surface area contributed by atoms with E-state index < -0.39 is 0 Å². The lowest BCUT2D eigenvalue weighted by Gasteiger charge is -2.07. The van der Waals surface area contributed by atoms with Crippen LogP contribution in [-0.2, 0) is 12.3 Å². The molecule has 0 radical (unpaired) electrons. The molecule has 0 aliphatic heterocycles. The summed E-state index contributed by atoms with van der Waals surface area (Å²) >= 11 is 7.61. The number of rotatable bonds is 6. The summed E-state index contributed by atoms with van der Waals surface area (Å²) in [6.07, 6.45) is 5.99. The summed E-state index contributed by atoms with van der Waals surface area (Å²) in [6, 6.07) is 11.7. The van der Waals surface area contributed by atoms with Gasteiger partial charge in [-0.1, -0.05) is 35.5 Å². The minimum absolute atomic E-state index is 0.637. The van der Waals surface area contributed by atoms with Crippen LogP contribution in [0.4, 0.5) is 0 Å². The molecular weight excluding hydrogens is 378 g/mol. The molecule has 136 valence electrons. The number of thioether (sulfide) groups is 1. The second-order valence-electron chi connectivity index (χ2n) is 6.21. The average molecular weight is 396 g/mol. The zero-order valence-corrected chi connectivity index (χ0v) is 16.4. The van der Waals surface area contributed by atoms with Gasteiger partial charge < -0.3 is 4.40 Å². The highest BCUT2D eigenvalue weighted by Gasteiger charge is 2.14. The molecule has 27 heavy (non-hydrogen) atoms. The van der Waals surface area contributed by atoms with E-state index in [2.05, 4.69) is 56.1 Å². The Morgan fingerprint density at radius 1 is 1.11 bits per heavy atom. The molecule has 0 saturated carbocycles. The van der Waals surface area contributed by atoms with Crippen molar-refractivity contribution in [3.8, 4) is 11.4 Å². The van der Waals surface area contributed by atoms with Gasteiger partial charge >= 0.3 is 0 Å². The lowest BCUT2D eigenvalue weighted by Crippen LogP contribution is -2.00. The van der Waals surface area contributed by atoms with Crippen LogP contribution < -0.4 is 0 Å². The Bertz CT molecular complexity index is 1100. The first-order chi connectivity index (χ1) is 13.1. The van der Waals surface area contributed by atoms with Gasteiger partial charge in [-0.05, 0) is 42.8 Å². The predicted molar refractivity (Wildman–Crippen MR) is 110 cm³/mol. The minimum Gasteiger partial charge on any atom is -0.307 e. The highest BCUT2D eigenvalue weighted by molar-refractivity contribution is 7.98. The van der Waals surface area contributed by atoms with E-state index in [1.165, 1.54) is 5.56 Å². The fraction of sp³-hybridized carbons (Fsp3) is 0.150. The number of nitrogens with zero attached hydrogens (tertiary/aromatic N) is 5. The summed E-state index contributed by atoms with van der Waals surface area (Å²) in [4.78, 5) is 4.67. The Morgan fingerprint density at radius 3 is 2.70 bits per heavy atom. The molecule has 0 aliphatic rings. The molecule has 0 fully saturated rings. The van der Waals surface area contributed by atoms with Gasteiger partial charge in [0.1, 0.15) is 5.65 Å². The molecule has 5 nitrogen and oxygen atoms in total. The van der Waals surface area contributed by atoms with Gasteiger partial charge in [-0.15, -0.1) is 16.8 Å². The molecule has 4 rings (SSSR count). The van der Waals surface area contributed by atoms with Gasteiger partial charge in [0.2, 0.25) is 0 Å². The van der Waals surface area contributed by atoms with E-state index in [-0.39, 0.29) is 0 Å². The molecule has 0 bridgehead atoms. The van der Waals surface area contributed by atoms with Gasteiger partial charge in [0.25, 0.3) is 0 Å². The largest absolute Gasteiger partial charge is 0.307 e.